The van der Waals surface area contributed by atoms with Crippen LogP contribution in [-0.2, 0) is 20.7 Å². The molecule has 0 saturated carbocycles. The molecule has 168 valence electrons. The smallest absolute Gasteiger partial charge is 0.330 e. The van der Waals surface area contributed by atoms with Crippen LogP contribution < -0.4 is 5.32 Å². The molecule has 2 bridgehead atoms. The van der Waals surface area contributed by atoms with Crippen molar-refractivity contribution in [3.05, 3.63) is 47.0 Å². The van der Waals surface area contributed by atoms with Gasteiger partial charge in [0, 0.05) is 24.7 Å². The third-order valence-electron chi connectivity index (χ3n) is 6.58. The SMILES string of the molecule is CC1=CC(=O)O[C@@H]2C[C@@H](CC[C@H](C)c3ccccc3CC1)O[C@@](O)(C1CSC(=O)N1)C2. The van der Waals surface area contributed by atoms with Crippen LogP contribution in [0.4, 0.5) is 4.79 Å². The number of carbonyl (C=O) groups is 2. The lowest BCUT2D eigenvalue weighted by Gasteiger charge is -2.43. The molecule has 1 amide bonds. The predicted molar refractivity (Wildman–Crippen MR) is 120 cm³/mol. The summed E-state index contributed by atoms with van der Waals surface area (Å²) in [6.45, 7) is 4.18. The molecule has 7 heteroatoms. The molecule has 1 aromatic carbocycles. The van der Waals surface area contributed by atoms with E-state index in [1.807, 2.05) is 6.92 Å². The minimum atomic E-state index is -1.54. The van der Waals surface area contributed by atoms with E-state index < -0.39 is 17.9 Å². The van der Waals surface area contributed by atoms with Crippen molar-refractivity contribution in [3.8, 4) is 0 Å². The Morgan fingerprint density at radius 1 is 1.16 bits per heavy atom. The summed E-state index contributed by atoms with van der Waals surface area (Å²) < 4.78 is 11.9. The van der Waals surface area contributed by atoms with Gasteiger partial charge in [-0.25, -0.2) is 4.79 Å². The van der Waals surface area contributed by atoms with Crippen LogP contribution in [0, 0.1) is 0 Å². The number of nitrogens with one attached hydrogen (secondary N) is 1. The van der Waals surface area contributed by atoms with E-state index in [-0.39, 0.29) is 23.7 Å². The second kappa shape index (κ2) is 9.35. The second-order valence-electron chi connectivity index (χ2n) is 9.05. The molecule has 2 N–H and O–H groups in total. The number of allylic oxidation sites excluding steroid dienone is 1. The van der Waals surface area contributed by atoms with Gasteiger partial charge in [0.1, 0.15) is 6.10 Å². The van der Waals surface area contributed by atoms with Gasteiger partial charge in [0.15, 0.2) is 5.79 Å². The van der Waals surface area contributed by atoms with Gasteiger partial charge in [-0.3, -0.25) is 4.79 Å². The lowest BCUT2D eigenvalue weighted by atomic mass is 9.86. The van der Waals surface area contributed by atoms with Gasteiger partial charge in [0.25, 0.3) is 5.24 Å². The first kappa shape index (κ1) is 22.4. The lowest BCUT2D eigenvalue weighted by Crippen LogP contribution is -2.58. The number of rotatable bonds is 1. The van der Waals surface area contributed by atoms with Crippen LogP contribution in [0.15, 0.2) is 35.9 Å². The number of benzene rings is 1. The first-order valence-electron chi connectivity index (χ1n) is 11.1. The predicted octanol–water partition coefficient (Wildman–Crippen LogP) is 4.07. The molecule has 3 heterocycles. The first-order valence-corrected chi connectivity index (χ1v) is 12.1. The Labute approximate surface area is 187 Å². The van der Waals surface area contributed by atoms with E-state index in [0.717, 1.165) is 43.0 Å². The number of hydrogen-bond donors (Lipinski definition) is 2. The highest BCUT2D eigenvalue weighted by Gasteiger charge is 2.49. The monoisotopic (exact) mass is 445 g/mol. The highest BCUT2D eigenvalue weighted by atomic mass is 32.2. The third kappa shape index (κ3) is 5.33. The number of aryl methyl sites for hydroxylation is 1. The Balaban J connectivity index is 1.60. The standard InChI is InChI=1S/C24H31NO5S/c1-15-7-9-17-5-3-4-6-20(17)16(2)8-10-18-12-19(29-22(26)11-15)13-24(28,30-18)21-14-31-23(27)25-21/h3-6,11,16,18-19,21,28H,7-10,12-14H2,1-2H3,(H,25,27)/t16-,18+,19+,21?,24+/m0/s1. The Hall–Kier alpha value is -1.83. The van der Waals surface area contributed by atoms with Gasteiger partial charge < -0.3 is 19.9 Å². The van der Waals surface area contributed by atoms with Gasteiger partial charge in [-0.1, -0.05) is 48.5 Å². The molecule has 0 spiro atoms. The van der Waals surface area contributed by atoms with E-state index in [0.29, 0.717) is 18.1 Å². The molecule has 2 fully saturated rings. The molecule has 3 aliphatic heterocycles. The molecule has 5 atom stereocenters. The fourth-order valence-electron chi connectivity index (χ4n) is 4.84. The number of esters is 1. The van der Waals surface area contributed by atoms with E-state index in [4.69, 9.17) is 9.47 Å². The summed E-state index contributed by atoms with van der Waals surface area (Å²) in [5.74, 6) is -1.13. The molecular formula is C24H31NO5S. The lowest BCUT2D eigenvalue weighted by molar-refractivity contribution is -0.283. The summed E-state index contributed by atoms with van der Waals surface area (Å²) in [5, 5.41) is 13.9. The molecule has 4 rings (SSSR count). The molecule has 3 aliphatic rings. The Bertz CT molecular complexity index is 871. The summed E-state index contributed by atoms with van der Waals surface area (Å²) in [5.41, 5.74) is 3.61. The quantitative estimate of drug-likeness (QED) is 0.634. The van der Waals surface area contributed by atoms with Crippen LogP contribution in [-0.4, -0.2) is 46.1 Å². The summed E-state index contributed by atoms with van der Waals surface area (Å²) in [6, 6.07) is 7.97. The molecular weight excluding hydrogens is 414 g/mol. The minimum Gasteiger partial charge on any atom is -0.459 e. The highest BCUT2D eigenvalue weighted by molar-refractivity contribution is 8.14. The van der Waals surface area contributed by atoms with Crippen molar-refractivity contribution in [2.24, 2.45) is 0 Å². The van der Waals surface area contributed by atoms with Crippen LogP contribution in [0.5, 0.6) is 0 Å². The Morgan fingerprint density at radius 2 is 1.97 bits per heavy atom. The maximum Gasteiger partial charge on any atom is 0.330 e. The van der Waals surface area contributed by atoms with Crippen LogP contribution in [0.2, 0.25) is 0 Å². The molecule has 1 unspecified atom stereocenters. The molecule has 6 nitrogen and oxygen atoms in total. The maximum absolute atomic E-state index is 12.6. The summed E-state index contributed by atoms with van der Waals surface area (Å²) in [6.07, 6.45) is 4.90. The largest absolute Gasteiger partial charge is 0.459 e. The van der Waals surface area contributed by atoms with Crippen molar-refractivity contribution in [3.63, 3.8) is 0 Å². The fraction of sp³-hybridized carbons (Fsp3) is 0.583. The van der Waals surface area contributed by atoms with Crippen molar-refractivity contribution < 1.29 is 24.2 Å². The topological polar surface area (TPSA) is 84.9 Å². The van der Waals surface area contributed by atoms with Gasteiger partial charge in [-0.05, 0) is 49.7 Å². The number of aliphatic hydroxyl groups is 1. The molecule has 0 aromatic heterocycles. The Kier molecular flexibility index (Phi) is 6.74. The molecule has 1 aromatic rings. The highest BCUT2D eigenvalue weighted by Crippen LogP contribution is 2.38. The zero-order chi connectivity index (χ0) is 22.0. The van der Waals surface area contributed by atoms with Gasteiger partial charge in [0.2, 0.25) is 0 Å². The average molecular weight is 446 g/mol. The molecule has 0 radical (unpaired) electrons. The zero-order valence-corrected chi connectivity index (χ0v) is 19.0. The van der Waals surface area contributed by atoms with Crippen molar-refractivity contribution in [2.75, 3.05) is 5.75 Å². The van der Waals surface area contributed by atoms with Gasteiger partial charge >= 0.3 is 5.97 Å². The third-order valence-corrected chi connectivity index (χ3v) is 7.46. The normalized spacial score (nSPS) is 34.7. The van der Waals surface area contributed by atoms with E-state index in [1.165, 1.54) is 11.1 Å². The second-order valence-corrected chi connectivity index (χ2v) is 10.0. The number of amides is 1. The fourth-order valence-corrected chi connectivity index (χ4v) is 5.73. The van der Waals surface area contributed by atoms with Gasteiger partial charge in [-0.2, -0.15) is 0 Å². The van der Waals surface area contributed by atoms with Crippen molar-refractivity contribution >= 4 is 23.0 Å². The van der Waals surface area contributed by atoms with Crippen molar-refractivity contribution in [2.45, 2.75) is 82.3 Å². The van der Waals surface area contributed by atoms with Crippen molar-refractivity contribution in [1.82, 2.24) is 5.32 Å². The van der Waals surface area contributed by atoms with Crippen LogP contribution in [0.25, 0.3) is 0 Å². The van der Waals surface area contributed by atoms with Gasteiger partial charge in [0.05, 0.1) is 12.1 Å². The Morgan fingerprint density at radius 3 is 2.74 bits per heavy atom. The number of hydrogen-bond acceptors (Lipinski definition) is 6. The summed E-state index contributed by atoms with van der Waals surface area (Å²) >= 11 is 1.14. The van der Waals surface area contributed by atoms with Crippen molar-refractivity contribution in [1.29, 1.82) is 0 Å². The average Bonchev–Trinajstić information content (AvgIpc) is 3.17. The van der Waals surface area contributed by atoms with Crippen LogP contribution >= 0.6 is 11.8 Å². The van der Waals surface area contributed by atoms with E-state index >= 15 is 0 Å². The van der Waals surface area contributed by atoms with E-state index in [9.17, 15) is 14.7 Å². The zero-order valence-electron chi connectivity index (χ0n) is 18.1. The summed E-state index contributed by atoms with van der Waals surface area (Å²) in [4.78, 5) is 24.3. The minimum absolute atomic E-state index is 0.159. The molecule has 31 heavy (non-hydrogen) atoms. The summed E-state index contributed by atoms with van der Waals surface area (Å²) in [7, 11) is 0. The first-order chi connectivity index (χ1) is 14.8. The van der Waals surface area contributed by atoms with E-state index in [1.54, 1.807) is 6.08 Å². The molecule has 0 aliphatic carbocycles. The number of fused-ring (bicyclic) bond motifs is 3. The van der Waals surface area contributed by atoms with Crippen LogP contribution in [0.3, 0.4) is 0 Å². The van der Waals surface area contributed by atoms with Crippen LogP contribution in [0.1, 0.15) is 63.0 Å². The van der Waals surface area contributed by atoms with Gasteiger partial charge in [-0.15, -0.1) is 0 Å². The maximum atomic E-state index is 12.6. The number of carbonyl (C=O) groups excluding carboxylic acids is 2. The number of ether oxygens (including phenoxy) is 2. The molecule has 2 saturated heterocycles. The van der Waals surface area contributed by atoms with E-state index in [2.05, 4.69) is 36.5 Å². The number of thioether (sulfide) groups is 1.